The molecule has 0 saturated carbocycles. The molecule has 0 radical (unpaired) electrons. The Morgan fingerprint density at radius 3 is 2.38 bits per heavy atom. The summed E-state index contributed by atoms with van der Waals surface area (Å²) >= 11 is 0. The lowest BCUT2D eigenvalue weighted by atomic mass is 10.1. The molecule has 1 unspecified atom stereocenters. The van der Waals surface area contributed by atoms with Crippen molar-refractivity contribution in [3.05, 3.63) is 48.0 Å². The predicted octanol–water partition coefficient (Wildman–Crippen LogP) is 2.68. The van der Waals surface area contributed by atoms with Crippen LogP contribution < -0.4 is 20.7 Å². The van der Waals surface area contributed by atoms with Gasteiger partial charge in [0.2, 0.25) is 11.8 Å². The summed E-state index contributed by atoms with van der Waals surface area (Å²) in [6.45, 7) is 3.34. The van der Waals surface area contributed by atoms with E-state index in [0.717, 1.165) is 5.56 Å². The van der Waals surface area contributed by atoms with Gasteiger partial charge in [-0.05, 0) is 48.9 Å². The molecule has 0 bridgehead atoms. The van der Waals surface area contributed by atoms with E-state index in [2.05, 4.69) is 16.0 Å². The lowest BCUT2D eigenvalue weighted by Crippen LogP contribution is -2.39. The molecule has 1 atom stereocenters. The topological polar surface area (TPSA) is 96.5 Å². The van der Waals surface area contributed by atoms with Gasteiger partial charge in [-0.25, -0.2) is 0 Å². The summed E-state index contributed by atoms with van der Waals surface area (Å²) in [5.41, 5.74) is 2.82. The Labute approximate surface area is 150 Å². The summed E-state index contributed by atoms with van der Waals surface area (Å²) in [7, 11) is 0. The first-order valence-corrected chi connectivity index (χ1v) is 8.16. The van der Waals surface area contributed by atoms with Crippen LogP contribution >= 0.6 is 0 Å². The van der Waals surface area contributed by atoms with E-state index >= 15 is 0 Å². The first-order chi connectivity index (χ1) is 12.4. The van der Waals surface area contributed by atoms with Crippen molar-refractivity contribution in [1.29, 1.82) is 0 Å². The van der Waals surface area contributed by atoms with Crippen molar-refractivity contribution < 1.29 is 19.1 Å². The Balaban J connectivity index is 1.60. The Morgan fingerprint density at radius 2 is 1.73 bits per heavy atom. The van der Waals surface area contributed by atoms with Gasteiger partial charge in [0.1, 0.15) is 5.75 Å². The van der Waals surface area contributed by atoms with Crippen molar-refractivity contribution in [3.8, 4) is 5.75 Å². The van der Waals surface area contributed by atoms with Crippen LogP contribution in [0.25, 0.3) is 0 Å². The van der Waals surface area contributed by atoms with Gasteiger partial charge in [-0.15, -0.1) is 0 Å². The third-order valence-electron chi connectivity index (χ3n) is 3.81. The second kappa shape index (κ2) is 7.26. The molecule has 7 nitrogen and oxygen atoms in total. The standard InChI is InChI=1S/C19H19N3O4/c1-11-3-8-16-15(9-11)22-19(25)17(26-16)10-18(24)21-14-6-4-13(5-7-14)20-12(2)23/h3-9,17H,10H2,1-2H3,(H,20,23)(H,21,24)(H,22,25). The number of carbonyl (C=O) groups excluding carboxylic acids is 3. The number of benzene rings is 2. The number of amides is 3. The maximum absolute atomic E-state index is 12.2. The number of hydrogen-bond acceptors (Lipinski definition) is 4. The lowest BCUT2D eigenvalue weighted by molar-refractivity contribution is -0.128. The SMILES string of the molecule is CC(=O)Nc1ccc(NC(=O)CC2Oc3ccc(C)cc3NC2=O)cc1. The van der Waals surface area contributed by atoms with Crippen LogP contribution in [0.3, 0.4) is 0 Å². The summed E-state index contributed by atoms with van der Waals surface area (Å²) in [5.74, 6) is -0.308. The van der Waals surface area contributed by atoms with Crippen molar-refractivity contribution in [2.24, 2.45) is 0 Å². The van der Waals surface area contributed by atoms with Crippen LogP contribution in [0.4, 0.5) is 17.1 Å². The van der Waals surface area contributed by atoms with Crippen LogP contribution in [-0.4, -0.2) is 23.8 Å². The highest BCUT2D eigenvalue weighted by atomic mass is 16.5. The Morgan fingerprint density at radius 1 is 1.08 bits per heavy atom. The van der Waals surface area contributed by atoms with Gasteiger partial charge in [0.05, 0.1) is 12.1 Å². The number of carbonyl (C=O) groups is 3. The Hall–Kier alpha value is -3.35. The van der Waals surface area contributed by atoms with Gasteiger partial charge in [-0.3, -0.25) is 14.4 Å². The second-order valence-corrected chi connectivity index (χ2v) is 6.11. The highest BCUT2D eigenvalue weighted by molar-refractivity contribution is 6.02. The first-order valence-electron chi connectivity index (χ1n) is 8.16. The number of ether oxygens (including phenoxy) is 1. The van der Waals surface area contributed by atoms with Crippen molar-refractivity contribution >= 4 is 34.8 Å². The molecule has 0 aromatic heterocycles. The van der Waals surface area contributed by atoms with E-state index in [9.17, 15) is 14.4 Å². The lowest BCUT2D eigenvalue weighted by Gasteiger charge is -2.25. The zero-order chi connectivity index (χ0) is 18.7. The van der Waals surface area contributed by atoms with Gasteiger partial charge in [0, 0.05) is 18.3 Å². The number of nitrogens with one attached hydrogen (secondary N) is 3. The quantitative estimate of drug-likeness (QED) is 0.787. The minimum Gasteiger partial charge on any atom is -0.478 e. The number of fused-ring (bicyclic) bond motifs is 1. The molecule has 134 valence electrons. The number of aryl methyl sites for hydroxylation is 1. The molecule has 1 aliphatic rings. The molecule has 0 fully saturated rings. The van der Waals surface area contributed by atoms with Gasteiger partial charge in [0.15, 0.2) is 6.10 Å². The molecule has 3 amide bonds. The minimum absolute atomic E-state index is 0.105. The maximum Gasteiger partial charge on any atom is 0.266 e. The largest absolute Gasteiger partial charge is 0.478 e. The molecule has 7 heteroatoms. The average molecular weight is 353 g/mol. The highest BCUT2D eigenvalue weighted by Gasteiger charge is 2.29. The molecule has 2 aromatic carbocycles. The van der Waals surface area contributed by atoms with Crippen LogP contribution in [0.1, 0.15) is 18.9 Å². The van der Waals surface area contributed by atoms with Gasteiger partial charge >= 0.3 is 0 Å². The minimum atomic E-state index is -0.885. The summed E-state index contributed by atoms with van der Waals surface area (Å²) in [6.07, 6.45) is -0.990. The van der Waals surface area contributed by atoms with Crippen LogP contribution in [-0.2, 0) is 14.4 Å². The third-order valence-corrected chi connectivity index (χ3v) is 3.81. The van der Waals surface area contributed by atoms with Gasteiger partial charge in [-0.1, -0.05) is 6.07 Å². The van der Waals surface area contributed by atoms with E-state index in [1.807, 2.05) is 19.1 Å². The summed E-state index contributed by atoms with van der Waals surface area (Å²) in [4.78, 5) is 35.4. The van der Waals surface area contributed by atoms with Crippen LogP contribution in [0.2, 0.25) is 0 Å². The van der Waals surface area contributed by atoms with Crippen LogP contribution in [0, 0.1) is 6.92 Å². The monoisotopic (exact) mass is 353 g/mol. The summed E-state index contributed by atoms with van der Waals surface area (Å²) in [6, 6.07) is 12.2. The van der Waals surface area contributed by atoms with Crippen LogP contribution in [0.5, 0.6) is 5.75 Å². The van der Waals surface area contributed by atoms with E-state index in [0.29, 0.717) is 22.8 Å². The van der Waals surface area contributed by atoms with Crippen molar-refractivity contribution in [2.45, 2.75) is 26.4 Å². The van der Waals surface area contributed by atoms with E-state index in [4.69, 9.17) is 4.74 Å². The second-order valence-electron chi connectivity index (χ2n) is 6.11. The molecular weight excluding hydrogens is 334 g/mol. The molecule has 2 aromatic rings. The molecule has 3 rings (SSSR count). The van der Waals surface area contributed by atoms with E-state index < -0.39 is 6.10 Å². The van der Waals surface area contributed by atoms with E-state index in [1.54, 1.807) is 30.3 Å². The van der Waals surface area contributed by atoms with E-state index in [-0.39, 0.29) is 24.1 Å². The fourth-order valence-electron chi connectivity index (χ4n) is 2.62. The first kappa shape index (κ1) is 17.5. The van der Waals surface area contributed by atoms with Gasteiger partial charge in [-0.2, -0.15) is 0 Å². The van der Waals surface area contributed by atoms with Crippen molar-refractivity contribution in [3.63, 3.8) is 0 Å². The summed E-state index contributed by atoms with van der Waals surface area (Å²) in [5, 5.41) is 8.12. The molecule has 3 N–H and O–H groups in total. The zero-order valence-electron chi connectivity index (χ0n) is 14.5. The molecule has 26 heavy (non-hydrogen) atoms. The van der Waals surface area contributed by atoms with E-state index in [1.165, 1.54) is 6.92 Å². The van der Waals surface area contributed by atoms with Crippen molar-refractivity contribution in [1.82, 2.24) is 0 Å². The van der Waals surface area contributed by atoms with Crippen molar-refractivity contribution in [2.75, 3.05) is 16.0 Å². The number of rotatable bonds is 4. The smallest absolute Gasteiger partial charge is 0.266 e. The molecular formula is C19H19N3O4. The Bertz CT molecular complexity index is 862. The van der Waals surface area contributed by atoms with Gasteiger partial charge in [0.25, 0.3) is 5.91 Å². The zero-order valence-corrected chi connectivity index (χ0v) is 14.5. The normalized spacial score (nSPS) is 15.3. The molecule has 1 aliphatic heterocycles. The highest BCUT2D eigenvalue weighted by Crippen LogP contribution is 2.31. The molecule has 0 aliphatic carbocycles. The third kappa shape index (κ3) is 4.18. The predicted molar refractivity (Wildman–Crippen MR) is 98.2 cm³/mol. The fourth-order valence-corrected chi connectivity index (χ4v) is 2.62. The summed E-state index contributed by atoms with van der Waals surface area (Å²) < 4.78 is 5.65. The fraction of sp³-hybridized carbons (Fsp3) is 0.211. The average Bonchev–Trinajstić information content (AvgIpc) is 2.57. The Kier molecular flexibility index (Phi) is 4.88. The molecule has 1 heterocycles. The maximum atomic E-state index is 12.2. The number of anilines is 3. The molecule has 0 spiro atoms. The number of hydrogen-bond donors (Lipinski definition) is 3. The van der Waals surface area contributed by atoms with Gasteiger partial charge < -0.3 is 20.7 Å². The van der Waals surface area contributed by atoms with Crippen LogP contribution in [0.15, 0.2) is 42.5 Å². The molecule has 0 saturated heterocycles.